The van der Waals surface area contributed by atoms with E-state index in [0.717, 1.165) is 5.56 Å². The molecule has 1 atom stereocenters. The normalized spacial score (nSPS) is 12.3. The van der Waals surface area contributed by atoms with Gasteiger partial charge in [0.15, 0.2) is 0 Å². The fourth-order valence-corrected chi connectivity index (χ4v) is 1.86. The quantitative estimate of drug-likeness (QED) is 0.769. The minimum Gasteiger partial charge on any atom is -0.374 e. The first-order chi connectivity index (χ1) is 9.75. The van der Waals surface area contributed by atoms with Gasteiger partial charge in [-0.2, -0.15) is 0 Å². The van der Waals surface area contributed by atoms with Crippen molar-refractivity contribution in [1.29, 1.82) is 0 Å². The second kappa shape index (κ2) is 7.70. The molecule has 20 heavy (non-hydrogen) atoms. The highest BCUT2D eigenvalue weighted by Crippen LogP contribution is 2.10. The molecule has 0 aliphatic rings. The molecule has 2 nitrogen and oxygen atoms in total. The third kappa shape index (κ3) is 4.70. The molecule has 2 rings (SSSR count). The van der Waals surface area contributed by atoms with Gasteiger partial charge in [0, 0.05) is 6.20 Å². The lowest BCUT2D eigenvalue weighted by Gasteiger charge is -2.09. The number of benzene rings is 1. The predicted molar refractivity (Wildman–Crippen MR) is 73.5 cm³/mol. The van der Waals surface area contributed by atoms with Crippen molar-refractivity contribution in [2.45, 2.75) is 25.6 Å². The van der Waals surface area contributed by atoms with Crippen LogP contribution < -0.4 is 0 Å². The maximum absolute atomic E-state index is 13.6. The van der Waals surface area contributed by atoms with Gasteiger partial charge in [-0.15, -0.1) is 0 Å². The van der Waals surface area contributed by atoms with Gasteiger partial charge in [-0.05, 0) is 30.5 Å². The summed E-state index contributed by atoms with van der Waals surface area (Å²) in [7, 11) is 0. The molecule has 0 aliphatic heterocycles. The highest BCUT2D eigenvalue weighted by Gasteiger charge is 2.10. The zero-order chi connectivity index (χ0) is 14.2. The summed E-state index contributed by atoms with van der Waals surface area (Å²) in [6.45, 7) is 0.405. The van der Waals surface area contributed by atoms with Crippen LogP contribution in [0.15, 0.2) is 48.7 Å². The Kier molecular flexibility index (Phi) is 5.62. The Morgan fingerprint density at radius 1 is 1.10 bits per heavy atom. The molecule has 0 spiro atoms. The van der Waals surface area contributed by atoms with E-state index in [4.69, 9.17) is 4.74 Å². The van der Waals surface area contributed by atoms with Gasteiger partial charge in [0.1, 0.15) is 12.0 Å². The van der Waals surface area contributed by atoms with E-state index in [1.54, 1.807) is 0 Å². The van der Waals surface area contributed by atoms with Gasteiger partial charge in [0.2, 0.25) is 0 Å². The highest BCUT2D eigenvalue weighted by molar-refractivity contribution is 5.13. The number of pyridine rings is 1. The molecule has 1 aromatic carbocycles. The summed E-state index contributed by atoms with van der Waals surface area (Å²) in [6.07, 6.45) is 0.892. The fourth-order valence-electron chi connectivity index (χ4n) is 1.86. The van der Waals surface area contributed by atoms with E-state index in [1.165, 1.54) is 18.3 Å². The van der Waals surface area contributed by atoms with Gasteiger partial charge < -0.3 is 4.74 Å². The van der Waals surface area contributed by atoms with Crippen LogP contribution in [-0.2, 0) is 17.8 Å². The SMILES string of the molecule is Fc1cccnc1CC[C@H](F)COCc1ccccc1. The average Bonchev–Trinajstić information content (AvgIpc) is 2.47. The van der Waals surface area contributed by atoms with Crippen molar-refractivity contribution >= 4 is 0 Å². The molecule has 0 saturated carbocycles. The second-order valence-electron chi connectivity index (χ2n) is 4.57. The number of nitrogens with zero attached hydrogens (tertiary/aromatic N) is 1. The van der Waals surface area contributed by atoms with E-state index in [2.05, 4.69) is 4.98 Å². The van der Waals surface area contributed by atoms with Crippen LogP contribution in [0.3, 0.4) is 0 Å². The number of halogens is 2. The molecule has 0 aliphatic carbocycles. The van der Waals surface area contributed by atoms with Gasteiger partial charge in [-0.1, -0.05) is 30.3 Å². The molecule has 4 heteroatoms. The Balaban J connectivity index is 1.68. The Bertz CT molecular complexity index is 519. The van der Waals surface area contributed by atoms with Crippen LogP contribution >= 0.6 is 0 Å². The van der Waals surface area contributed by atoms with Gasteiger partial charge in [0.05, 0.1) is 18.9 Å². The van der Waals surface area contributed by atoms with E-state index in [1.807, 2.05) is 30.3 Å². The van der Waals surface area contributed by atoms with E-state index in [-0.39, 0.29) is 25.3 Å². The zero-order valence-electron chi connectivity index (χ0n) is 11.1. The molecule has 0 radical (unpaired) electrons. The maximum Gasteiger partial charge on any atom is 0.144 e. The van der Waals surface area contributed by atoms with Crippen molar-refractivity contribution in [3.63, 3.8) is 0 Å². The number of rotatable bonds is 7. The number of ether oxygens (including phenoxy) is 1. The highest BCUT2D eigenvalue weighted by atomic mass is 19.1. The van der Waals surface area contributed by atoms with Crippen molar-refractivity contribution in [2.24, 2.45) is 0 Å². The van der Waals surface area contributed by atoms with Crippen LogP contribution in [0.4, 0.5) is 8.78 Å². The monoisotopic (exact) mass is 277 g/mol. The van der Waals surface area contributed by atoms with E-state index < -0.39 is 6.17 Å². The van der Waals surface area contributed by atoms with Crippen molar-refractivity contribution in [2.75, 3.05) is 6.61 Å². The van der Waals surface area contributed by atoms with E-state index in [0.29, 0.717) is 12.3 Å². The molecule has 0 saturated heterocycles. The molecule has 1 aromatic heterocycles. The molecule has 2 aromatic rings. The van der Waals surface area contributed by atoms with E-state index in [9.17, 15) is 8.78 Å². The molecule has 0 amide bonds. The van der Waals surface area contributed by atoms with Gasteiger partial charge >= 0.3 is 0 Å². The summed E-state index contributed by atoms with van der Waals surface area (Å²) in [5.41, 5.74) is 1.31. The van der Waals surface area contributed by atoms with Crippen molar-refractivity contribution in [1.82, 2.24) is 4.98 Å². The fraction of sp³-hybridized carbons (Fsp3) is 0.312. The standard InChI is InChI=1S/C16H17F2NO/c17-14(8-9-16-15(18)7-4-10-19-16)12-20-11-13-5-2-1-3-6-13/h1-7,10,14H,8-9,11-12H2/t14-/m0/s1. The summed E-state index contributed by atoms with van der Waals surface area (Å²) in [6, 6.07) is 12.5. The zero-order valence-corrected chi connectivity index (χ0v) is 11.1. The van der Waals surface area contributed by atoms with Crippen LogP contribution in [0.5, 0.6) is 0 Å². The number of aromatic nitrogens is 1. The smallest absolute Gasteiger partial charge is 0.144 e. The van der Waals surface area contributed by atoms with Crippen LogP contribution in [0.25, 0.3) is 0 Å². The first-order valence-electron chi connectivity index (χ1n) is 6.61. The van der Waals surface area contributed by atoms with Crippen LogP contribution in [-0.4, -0.2) is 17.8 Å². The van der Waals surface area contributed by atoms with Crippen molar-refractivity contribution < 1.29 is 13.5 Å². The molecular formula is C16H17F2NO. The number of hydrogen-bond acceptors (Lipinski definition) is 2. The largest absolute Gasteiger partial charge is 0.374 e. The van der Waals surface area contributed by atoms with Crippen LogP contribution in [0.2, 0.25) is 0 Å². The Labute approximate surface area is 117 Å². The van der Waals surface area contributed by atoms with Gasteiger partial charge in [0.25, 0.3) is 0 Å². The molecule has 0 unspecified atom stereocenters. The molecule has 0 bridgehead atoms. The molecule has 0 fully saturated rings. The Hall–Kier alpha value is -1.81. The molecule has 0 N–H and O–H groups in total. The number of alkyl halides is 1. The molecule has 1 heterocycles. The Morgan fingerprint density at radius 3 is 2.65 bits per heavy atom. The van der Waals surface area contributed by atoms with Crippen LogP contribution in [0.1, 0.15) is 17.7 Å². The van der Waals surface area contributed by atoms with E-state index >= 15 is 0 Å². The second-order valence-corrected chi connectivity index (χ2v) is 4.57. The van der Waals surface area contributed by atoms with Crippen molar-refractivity contribution in [3.05, 3.63) is 65.7 Å². The third-order valence-electron chi connectivity index (χ3n) is 2.94. The lowest BCUT2D eigenvalue weighted by Crippen LogP contribution is -2.12. The maximum atomic E-state index is 13.6. The van der Waals surface area contributed by atoms with Crippen molar-refractivity contribution in [3.8, 4) is 0 Å². The minimum atomic E-state index is -1.11. The number of aryl methyl sites for hydroxylation is 1. The lowest BCUT2D eigenvalue weighted by molar-refractivity contribution is 0.0664. The van der Waals surface area contributed by atoms with Gasteiger partial charge in [-0.25, -0.2) is 8.78 Å². The third-order valence-corrected chi connectivity index (χ3v) is 2.94. The first kappa shape index (κ1) is 14.6. The Morgan fingerprint density at radius 2 is 1.90 bits per heavy atom. The topological polar surface area (TPSA) is 22.1 Å². The van der Waals surface area contributed by atoms with Crippen LogP contribution in [0, 0.1) is 5.82 Å². The minimum absolute atomic E-state index is 0.0172. The summed E-state index contributed by atoms with van der Waals surface area (Å²) < 4.78 is 32.3. The summed E-state index contributed by atoms with van der Waals surface area (Å²) in [4.78, 5) is 3.90. The lowest BCUT2D eigenvalue weighted by atomic mass is 10.1. The summed E-state index contributed by atoms with van der Waals surface area (Å²) >= 11 is 0. The summed E-state index contributed by atoms with van der Waals surface area (Å²) in [5.74, 6) is -0.384. The van der Waals surface area contributed by atoms with Gasteiger partial charge in [-0.3, -0.25) is 4.98 Å². The summed E-state index contributed by atoms with van der Waals surface area (Å²) in [5, 5.41) is 0. The average molecular weight is 277 g/mol. The predicted octanol–water partition coefficient (Wildman–Crippen LogP) is 3.71. The molecular weight excluding hydrogens is 260 g/mol. The first-order valence-corrected chi connectivity index (χ1v) is 6.61. The number of hydrogen-bond donors (Lipinski definition) is 0. The molecule has 106 valence electrons.